The summed E-state index contributed by atoms with van der Waals surface area (Å²) in [6.07, 6.45) is 5.37. The summed E-state index contributed by atoms with van der Waals surface area (Å²) in [4.78, 5) is 12.1. The average Bonchev–Trinajstić information content (AvgIpc) is 2.58. The Hall–Kier alpha value is -2.32. The molecular formula is C18H25N3O2. The number of nitriles is 1. The summed E-state index contributed by atoms with van der Waals surface area (Å²) in [5.74, 6) is -0.464. The van der Waals surface area contributed by atoms with Gasteiger partial charge in [-0.2, -0.15) is 5.26 Å². The van der Waals surface area contributed by atoms with Crippen LogP contribution < -0.4 is 10.6 Å². The van der Waals surface area contributed by atoms with Crippen LogP contribution in [-0.4, -0.2) is 23.7 Å². The first-order valence-corrected chi connectivity index (χ1v) is 8.02. The van der Waals surface area contributed by atoms with Gasteiger partial charge < -0.3 is 15.7 Å². The van der Waals surface area contributed by atoms with Crippen molar-refractivity contribution in [1.29, 1.82) is 5.26 Å². The Morgan fingerprint density at radius 3 is 2.57 bits per heavy atom. The quantitative estimate of drug-likeness (QED) is 0.483. The fourth-order valence-electron chi connectivity index (χ4n) is 1.98. The van der Waals surface area contributed by atoms with Gasteiger partial charge in [0.2, 0.25) is 0 Å². The van der Waals surface area contributed by atoms with E-state index < -0.39 is 5.91 Å². The van der Waals surface area contributed by atoms with E-state index in [1.807, 2.05) is 37.3 Å². The second-order valence-electron chi connectivity index (χ2n) is 5.38. The third-order valence-electron chi connectivity index (χ3n) is 3.57. The molecule has 1 unspecified atom stereocenters. The lowest BCUT2D eigenvalue weighted by atomic mass is 10.1. The second kappa shape index (κ2) is 10.4. The van der Waals surface area contributed by atoms with Crippen LogP contribution in [0.5, 0.6) is 0 Å². The largest absolute Gasteiger partial charge is 0.394 e. The predicted octanol–water partition coefficient (Wildman–Crippen LogP) is 2.74. The van der Waals surface area contributed by atoms with E-state index in [-0.39, 0.29) is 18.2 Å². The van der Waals surface area contributed by atoms with Gasteiger partial charge in [0.1, 0.15) is 11.6 Å². The van der Waals surface area contributed by atoms with Crippen LogP contribution in [0.15, 0.2) is 36.0 Å². The topological polar surface area (TPSA) is 85.2 Å². The first-order valence-electron chi connectivity index (χ1n) is 8.02. The van der Waals surface area contributed by atoms with E-state index in [0.29, 0.717) is 12.1 Å². The molecular weight excluding hydrogens is 290 g/mol. The molecule has 3 N–H and O–H groups in total. The number of aliphatic hydroxyl groups is 1. The average molecular weight is 315 g/mol. The Morgan fingerprint density at radius 1 is 1.35 bits per heavy atom. The van der Waals surface area contributed by atoms with Crippen LogP contribution in [0.1, 0.15) is 38.7 Å². The van der Waals surface area contributed by atoms with Gasteiger partial charge in [0.05, 0.1) is 6.61 Å². The normalized spacial score (nSPS) is 12.3. The molecule has 0 aliphatic rings. The molecule has 0 spiro atoms. The fourth-order valence-corrected chi connectivity index (χ4v) is 1.98. The van der Waals surface area contributed by atoms with E-state index in [0.717, 1.165) is 19.3 Å². The summed E-state index contributed by atoms with van der Waals surface area (Å²) in [5.41, 5.74) is 1.87. The molecule has 0 aliphatic carbocycles. The molecule has 0 saturated heterocycles. The van der Waals surface area contributed by atoms with Gasteiger partial charge in [0, 0.05) is 17.9 Å². The number of aryl methyl sites for hydroxylation is 1. The molecule has 0 aromatic heterocycles. The van der Waals surface area contributed by atoms with Crippen molar-refractivity contribution in [3.63, 3.8) is 0 Å². The Bertz CT molecular complexity index is 555. The molecule has 1 aromatic rings. The maximum absolute atomic E-state index is 12.1. The standard InChI is InChI=1S/C18H25N3O2/c1-3-5-6-14-7-9-17(10-8-14)21-18(23)15(11-19)12-20-16(4-2)13-22/h7-10,12,16,20,22H,3-6,13H2,1-2H3,(H,21,23)/b15-12-. The van der Waals surface area contributed by atoms with Crippen LogP contribution in [0.3, 0.4) is 0 Å². The number of aliphatic hydroxyl groups excluding tert-OH is 1. The SMILES string of the molecule is CCCCc1ccc(NC(=O)/C(C#N)=C\NC(CC)CO)cc1. The Morgan fingerprint density at radius 2 is 2.04 bits per heavy atom. The van der Waals surface area contributed by atoms with Gasteiger partial charge in [-0.1, -0.05) is 32.4 Å². The highest BCUT2D eigenvalue weighted by molar-refractivity contribution is 6.06. The van der Waals surface area contributed by atoms with E-state index in [4.69, 9.17) is 10.4 Å². The van der Waals surface area contributed by atoms with Gasteiger partial charge in [-0.25, -0.2) is 0 Å². The number of rotatable bonds is 9. The molecule has 5 nitrogen and oxygen atoms in total. The van der Waals surface area contributed by atoms with Crippen LogP contribution in [0, 0.1) is 11.3 Å². The highest BCUT2D eigenvalue weighted by Crippen LogP contribution is 2.12. The molecule has 1 aromatic carbocycles. The van der Waals surface area contributed by atoms with Gasteiger partial charge in [-0.15, -0.1) is 0 Å². The number of unbranched alkanes of at least 4 members (excludes halogenated alkanes) is 1. The molecule has 124 valence electrons. The minimum atomic E-state index is -0.464. The van der Waals surface area contributed by atoms with Gasteiger partial charge >= 0.3 is 0 Å². The van der Waals surface area contributed by atoms with E-state index in [2.05, 4.69) is 17.6 Å². The second-order valence-corrected chi connectivity index (χ2v) is 5.38. The van der Waals surface area contributed by atoms with E-state index >= 15 is 0 Å². The zero-order valence-electron chi connectivity index (χ0n) is 13.8. The first-order chi connectivity index (χ1) is 11.1. The summed E-state index contributed by atoms with van der Waals surface area (Å²) in [6, 6.07) is 9.36. The number of benzene rings is 1. The number of carbonyl (C=O) groups is 1. The van der Waals surface area contributed by atoms with Crippen molar-refractivity contribution in [2.75, 3.05) is 11.9 Å². The van der Waals surface area contributed by atoms with Crippen molar-refractivity contribution in [2.45, 2.75) is 45.6 Å². The van der Waals surface area contributed by atoms with Crippen LogP contribution in [0.4, 0.5) is 5.69 Å². The molecule has 0 saturated carbocycles. The van der Waals surface area contributed by atoms with E-state index in [1.54, 1.807) is 0 Å². The Labute approximate surface area is 138 Å². The first kappa shape index (κ1) is 18.7. The van der Waals surface area contributed by atoms with Crippen LogP contribution >= 0.6 is 0 Å². The summed E-state index contributed by atoms with van der Waals surface area (Å²) in [7, 11) is 0. The summed E-state index contributed by atoms with van der Waals surface area (Å²) >= 11 is 0. The molecule has 0 fully saturated rings. The Kier molecular flexibility index (Phi) is 8.48. The molecule has 0 bridgehead atoms. The van der Waals surface area contributed by atoms with Crippen molar-refractivity contribution in [1.82, 2.24) is 5.32 Å². The monoisotopic (exact) mass is 315 g/mol. The van der Waals surface area contributed by atoms with E-state index in [9.17, 15) is 4.79 Å². The lowest BCUT2D eigenvalue weighted by Gasteiger charge is -2.12. The minimum absolute atomic E-state index is 0.0213. The maximum Gasteiger partial charge on any atom is 0.267 e. The minimum Gasteiger partial charge on any atom is -0.394 e. The third-order valence-corrected chi connectivity index (χ3v) is 3.57. The molecule has 0 radical (unpaired) electrons. The van der Waals surface area contributed by atoms with Crippen LogP contribution in [0.25, 0.3) is 0 Å². The fraction of sp³-hybridized carbons (Fsp3) is 0.444. The predicted molar refractivity (Wildman–Crippen MR) is 91.7 cm³/mol. The number of carbonyl (C=O) groups excluding carboxylic acids is 1. The highest BCUT2D eigenvalue weighted by atomic mass is 16.3. The van der Waals surface area contributed by atoms with Crippen molar-refractivity contribution in [3.05, 3.63) is 41.6 Å². The zero-order chi connectivity index (χ0) is 17.1. The van der Waals surface area contributed by atoms with Gasteiger partial charge in [0.15, 0.2) is 0 Å². The number of anilines is 1. The van der Waals surface area contributed by atoms with Crippen molar-refractivity contribution >= 4 is 11.6 Å². The molecule has 1 rings (SSSR count). The molecule has 1 atom stereocenters. The van der Waals surface area contributed by atoms with Gasteiger partial charge in [-0.05, 0) is 37.0 Å². The zero-order valence-corrected chi connectivity index (χ0v) is 13.8. The lowest BCUT2D eigenvalue weighted by molar-refractivity contribution is -0.112. The smallest absolute Gasteiger partial charge is 0.267 e. The summed E-state index contributed by atoms with van der Waals surface area (Å²) < 4.78 is 0. The summed E-state index contributed by atoms with van der Waals surface area (Å²) in [6.45, 7) is 4.01. The maximum atomic E-state index is 12.1. The number of nitrogens with zero attached hydrogens (tertiary/aromatic N) is 1. The molecule has 23 heavy (non-hydrogen) atoms. The van der Waals surface area contributed by atoms with Crippen molar-refractivity contribution in [2.24, 2.45) is 0 Å². The van der Waals surface area contributed by atoms with Crippen LogP contribution in [0.2, 0.25) is 0 Å². The highest BCUT2D eigenvalue weighted by Gasteiger charge is 2.10. The van der Waals surface area contributed by atoms with Gasteiger partial charge in [0.25, 0.3) is 5.91 Å². The molecule has 1 amide bonds. The van der Waals surface area contributed by atoms with Crippen molar-refractivity contribution in [3.8, 4) is 6.07 Å². The molecule has 5 heteroatoms. The summed E-state index contributed by atoms with van der Waals surface area (Å²) in [5, 5.41) is 23.8. The molecule has 0 aliphatic heterocycles. The van der Waals surface area contributed by atoms with Crippen molar-refractivity contribution < 1.29 is 9.90 Å². The lowest BCUT2D eigenvalue weighted by Crippen LogP contribution is -2.28. The van der Waals surface area contributed by atoms with E-state index in [1.165, 1.54) is 11.8 Å². The number of nitrogens with one attached hydrogen (secondary N) is 2. The van der Waals surface area contributed by atoms with Crippen LogP contribution in [-0.2, 0) is 11.2 Å². The molecule has 0 heterocycles. The Balaban J connectivity index is 2.65. The van der Waals surface area contributed by atoms with Gasteiger partial charge in [-0.3, -0.25) is 4.79 Å². The number of amides is 1. The third kappa shape index (κ3) is 6.54. The number of hydrogen-bond acceptors (Lipinski definition) is 4. The number of hydrogen-bond donors (Lipinski definition) is 3.